The van der Waals surface area contributed by atoms with Crippen molar-refractivity contribution in [3.8, 4) is 0 Å². The molecule has 0 radical (unpaired) electrons. The van der Waals surface area contributed by atoms with Gasteiger partial charge >= 0.3 is 0 Å². The second-order valence-corrected chi connectivity index (χ2v) is 6.34. The lowest BCUT2D eigenvalue weighted by molar-refractivity contribution is 0.0919. The molecule has 1 fully saturated rings. The Labute approximate surface area is 148 Å². The Hall–Kier alpha value is -2.45. The van der Waals surface area contributed by atoms with E-state index >= 15 is 0 Å². The number of aromatic nitrogens is 4. The van der Waals surface area contributed by atoms with Crippen molar-refractivity contribution in [1.29, 1.82) is 0 Å². The summed E-state index contributed by atoms with van der Waals surface area (Å²) in [5, 5.41) is 14.7. The number of nitrogens with one attached hydrogen (secondary N) is 2. The Morgan fingerprint density at radius 3 is 3.08 bits per heavy atom. The van der Waals surface area contributed by atoms with Crippen molar-refractivity contribution >= 4 is 23.2 Å². The summed E-state index contributed by atoms with van der Waals surface area (Å²) in [5.41, 5.74) is 0.557. The van der Waals surface area contributed by atoms with Gasteiger partial charge in [0.05, 0.1) is 17.8 Å². The first kappa shape index (κ1) is 16.0. The fourth-order valence-electron chi connectivity index (χ4n) is 2.95. The van der Waals surface area contributed by atoms with E-state index in [0.717, 1.165) is 25.9 Å². The van der Waals surface area contributed by atoms with Crippen molar-refractivity contribution in [2.24, 2.45) is 0 Å². The largest absolute Gasteiger partial charge is 0.435 e. The predicted molar refractivity (Wildman–Crippen MR) is 90.5 cm³/mol. The summed E-state index contributed by atoms with van der Waals surface area (Å²) in [5.74, 6) is 1.37. The lowest BCUT2D eigenvalue weighted by Gasteiger charge is -2.19. The fraction of sp³-hybridized carbons (Fsp3) is 0.375. The van der Waals surface area contributed by atoms with Gasteiger partial charge < -0.3 is 15.1 Å². The number of amides is 1. The number of oxazole rings is 1. The fourth-order valence-corrected chi connectivity index (χ4v) is 3.15. The monoisotopic (exact) mass is 360 g/mol. The standard InChI is InChI=1S/C16H17ClN6O2/c17-11-2-1-7-23-13(21-22-14(11)23)9-19-15(24)12-8-20-16(25-12)10-3-5-18-6-4-10/h1-2,7-8,10,18H,3-6,9H2,(H,19,24). The van der Waals surface area contributed by atoms with Gasteiger partial charge in [0, 0.05) is 12.1 Å². The zero-order valence-electron chi connectivity index (χ0n) is 13.4. The topological polar surface area (TPSA) is 97.4 Å². The summed E-state index contributed by atoms with van der Waals surface area (Å²) in [6.07, 6.45) is 5.21. The molecule has 1 saturated heterocycles. The predicted octanol–water partition coefficient (Wildman–Crippen LogP) is 1.77. The zero-order valence-corrected chi connectivity index (χ0v) is 14.2. The maximum atomic E-state index is 12.3. The average molecular weight is 361 g/mol. The minimum atomic E-state index is -0.327. The SMILES string of the molecule is O=C(NCc1nnc2c(Cl)cccn12)c1cnc(C2CCNCC2)o1. The van der Waals surface area contributed by atoms with Crippen molar-refractivity contribution in [1.82, 2.24) is 30.2 Å². The van der Waals surface area contributed by atoms with Crippen molar-refractivity contribution in [3.63, 3.8) is 0 Å². The van der Waals surface area contributed by atoms with Crippen molar-refractivity contribution < 1.29 is 9.21 Å². The van der Waals surface area contributed by atoms with Gasteiger partial charge in [0.1, 0.15) is 0 Å². The molecule has 3 aromatic rings. The van der Waals surface area contributed by atoms with Gasteiger partial charge in [-0.15, -0.1) is 10.2 Å². The lowest BCUT2D eigenvalue weighted by atomic mass is 9.98. The summed E-state index contributed by atoms with van der Waals surface area (Å²) in [6, 6.07) is 3.54. The van der Waals surface area contributed by atoms with E-state index in [9.17, 15) is 4.79 Å². The molecule has 1 aliphatic heterocycles. The van der Waals surface area contributed by atoms with Crippen molar-refractivity contribution in [3.05, 3.63) is 47.0 Å². The van der Waals surface area contributed by atoms with Crippen LogP contribution in [0, 0.1) is 0 Å². The van der Waals surface area contributed by atoms with Gasteiger partial charge in [-0.2, -0.15) is 0 Å². The molecule has 9 heteroatoms. The first-order valence-corrected chi connectivity index (χ1v) is 8.53. The summed E-state index contributed by atoms with van der Waals surface area (Å²) in [7, 11) is 0. The molecule has 0 saturated carbocycles. The second kappa shape index (κ2) is 6.81. The summed E-state index contributed by atoms with van der Waals surface area (Å²) in [4.78, 5) is 16.6. The number of pyridine rings is 1. The molecule has 3 aromatic heterocycles. The number of carbonyl (C=O) groups excluding carboxylic acids is 1. The Morgan fingerprint density at radius 1 is 1.40 bits per heavy atom. The lowest BCUT2D eigenvalue weighted by Crippen LogP contribution is -2.26. The first-order valence-electron chi connectivity index (χ1n) is 8.15. The highest BCUT2D eigenvalue weighted by molar-refractivity contribution is 6.33. The number of hydrogen-bond donors (Lipinski definition) is 2. The van der Waals surface area contributed by atoms with Gasteiger partial charge in [0.2, 0.25) is 5.76 Å². The third-order valence-corrected chi connectivity index (χ3v) is 4.60. The van der Waals surface area contributed by atoms with Crippen LogP contribution in [0.3, 0.4) is 0 Å². The van der Waals surface area contributed by atoms with E-state index in [-0.39, 0.29) is 24.1 Å². The summed E-state index contributed by atoms with van der Waals surface area (Å²) in [6.45, 7) is 2.10. The van der Waals surface area contributed by atoms with Crippen LogP contribution in [-0.2, 0) is 6.54 Å². The number of piperidine rings is 1. The van der Waals surface area contributed by atoms with Crippen LogP contribution in [0.2, 0.25) is 5.02 Å². The van der Waals surface area contributed by atoms with Crippen LogP contribution in [0.4, 0.5) is 0 Å². The summed E-state index contributed by atoms with van der Waals surface area (Å²) < 4.78 is 7.39. The highest BCUT2D eigenvalue weighted by atomic mass is 35.5. The van der Waals surface area contributed by atoms with E-state index in [0.29, 0.717) is 22.4 Å². The van der Waals surface area contributed by atoms with Gasteiger partial charge in [-0.3, -0.25) is 9.20 Å². The highest BCUT2D eigenvalue weighted by Crippen LogP contribution is 2.24. The Bertz CT molecular complexity index is 899. The first-order chi connectivity index (χ1) is 12.2. The quantitative estimate of drug-likeness (QED) is 0.736. The normalized spacial score (nSPS) is 15.6. The maximum Gasteiger partial charge on any atom is 0.289 e. The van der Waals surface area contributed by atoms with E-state index in [1.165, 1.54) is 6.20 Å². The van der Waals surface area contributed by atoms with Gasteiger partial charge in [-0.1, -0.05) is 11.6 Å². The van der Waals surface area contributed by atoms with Crippen molar-refractivity contribution in [2.75, 3.05) is 13.1 Å². The second-order valence-electron chi connectivity index (χ2n) is 5.94. The third kappa shape index (κ3) is 3.22. The molecule has 0 aromatic carbocycles. The molecule has 8 nitrogen and oxygen atoms in total. The molecule has 130 valence electrons. The molecule has 25 heavy (non-hydrogen) atoms. The molecule has 0 bridgehead atoms. The molecular formula is C16H17ClN6O2. The van der Waals surface area contributed by atoms with Gasteiger partial charge in [0.15, 0.2) is 17.4 Å². The van der Waals surface area contributed by atoms with Gasteiger partial charge in [-0.05, 0) is 38.1 Å². The zero-order chi connectivity index (χ0) is 17.2. The summed E-state index contributed by atoms with van der Waals surface area (Å²) >= 11 is 6.07. The molecule has 0 spiro atoms. The number of carbonyl (C=O) groups is 1. The van der Waals surface area contributed by atoms with Gasteiger partial charge in [-0.25, -0.2) is 4.98 Å². The highest BCUT2D eigenvalue weighted by Gasteiger charge is 2.22. The van der Waals surface area contributed by atoms with E-state index in [1.807, 2.05) is 0 Å². The van der Waals surface area contributed by atoms with Crippen molar-refractivity contribution in [2.45, 2.75) is 25.3 Å². The number of halogens is 1. The Morgan fingerprint density at radius 2 is 2.24 bits per heavy atom. The average Bonchev–Trinajstić information content (AvgIpc) is 3.29. The van der Waals surface area contributed by atoms with Crippen LogP contribution in [0.25, 0.3) is 5.65 Å². The van der Waals surface area contributed by atoms with Gasteiger partial charge in [0.25, 0.3) is 5.91 Å². The molecule has 4 heterocycles. The Kier molecular flexibility index (Phi) is 4.37. The number of hydrogen-bond acceptors (Lipinski definition) is 6. The third-order valence-electron chi connectivity index (χ3n) is 4.30. The van der Waals surface area contributed by atoms with Crippen LogP contribution in [0.15, 0.2) is 28.9 Å². The van der Waals surface area contributed by atoms with E-state index in [1.54, 1.807) is 22.7 Å². The Balaban J connectivity index is 1.43. The number of rotatable bonds is 4. The molecule has 0 aliphatic carbocycles. The van der Waals surface area contributed by atoms with E-state index < -0.39 is 0 Å². The van der Waals surface area contributed by atoms with E-state index in [4.69, 9.17) is 16.0 Å². The van der Waals surface area contributed by atoms with Crippen LogP contribution < -0.4 is 10.6 Å². The number of fused-ring (bicyclic) bond motifs is 1. The van der Waals surface area contributed by atoms with Crippen LogP contribution in [0.5, 0.6) is 0 Å². The molecule has 2 N–H and O–H groups in total. The molecule has 1 aliphatic rings. The molecular weight excluding hydrogens is 344 g/mol. The number of nitrogens with zero attached hydrogens (tertiary/aromatic N) is 4. The molecule has 4 rings (SSSR count). The van der Waals surface area contributed by atoms with Crippen LogP contribution in [0.1, 0.15) is 41.0 Å². The maximum absolute atomic E-state index is 12.3. The molecule has 0 unspecified atom stereocenters. The smallest absolute Gasteiger partial charge is 0.289 e. The van der Waals surface area contributed by atoms with E-state index in [2.05, 4.69) is 25.8 Å². The molecule has 1 amide bonds. The van der Waals surface area contributed by atoms with Crippen LogP contribution in [-0.4, -0.2) is 38.6 Å². The molecule has 0 atom stereocenters. The minimum Gasteiger partial charge on any atom is -0.435 e. The van der Waals surface area contributed by atoms with Crippen LogP contribution >= 0.6 is 11.6 Å². The minimum absolute atomic E-state index is 0.209.